The predicted octanol–water partition coefficient (Wildman–Crippen LogP) is 1.75. The lowest BCUT2D eigenvalue weighted by atomic mass is 10.3. The highest BCUT2D eigenvalue weighted by Crippen LogP contribution is 2.22. The molecule has 14 heavy (non-hydrogen) atoms. The van der Waals surface area contributed by atoms with Crippen LogP contribution in [0.5, 0.6) is 0 Å². The quantitative estimate of drug-likeness (QED) is 0.539. The van der Waals surface area contributed by atoms with E-state index in [0.29, 0.717) is 23.9 Å². The standard InChI is InChI=1S/C8H14ClF3N2/c9-2-1-3-13-4-6-14(7-5-13)8(10,11)12/h1-7H2. The molecule has 1 rings (SSSR count). The van der Waals surface area contributed by atoms with Crippen LogP contribution in [-0.2, 0) is 0 Å². The number of rotatable bonds is 3. The first-order valence-corrected chi connectivity index (χ1v) is 5.17. The molecule has 0 radical (unpaired) electrons. The van der Waals surface area contributed by atoms with Crippen LogP contribution < -0.4 is 0 Å². The molecule has 0 N–H and O–H groups in total. The van der Waals surface area contributed by atoms with Crippen LogP contribution in [0, 0.1) is 0 Å². The van der Waals surface area contributed by atoms with E-state index in [0.717, 1.165) is 13.0 Å². The summed E-state index contributed by atoms with van der Waals surface area (Å²) in [4.78, 5) is 2.58. The zero-order chi connectivity index (χ0) is 10.6. The Balaban J connectivity index is 2.24. The van der Waals surface area contributed by atoms with E-state index in [4.69, 9.17) is 11.6 Å². The van der Waals surface area contributed by atoms with Crippen LogP contribution in [0.2, 0.25) is 0 Å². The molecule has 1 heterocycles. The number of nitrogens with zero attached hydrogens (tertiary/aromatic N) is 2. The van der Waals surface area contributed by atoms with Crippen LogP contribution in [0.25, 0.3) is 0 Å². The van der Waals surface area contributed by atoms with Gasteiger partial charge in [0, 0.05) is 32.1 Å². The van der Waals surface area contributed by atoms with Crippen molar-refractivity contribution in [2.24, 2.45) is 0 Å². The molecule has 0 atom stereocenters. The highest BCUT2D eigenvalue weighted by molar-refractivity contribution is 6.17. The second kappa shape index (κ2) is 5.19. The molecule has 1 fully saturated rings. The van der Waals surface area contributed by atoms with E-state index < -0.39 is 6.30 Å². The van der Waals surface area contributed by atoms with Crippen LogP contribution in [0.4, 0.5) is 13.2 Å². The van der Waals surface area contributed by atoms with Gasteiger partial charge in [0.05, 0.1) is 0 Å². The first-order valence-electron chi connectivity index (χ1n) is 4.64. The van der Waals surface area contributed by atoms with Gasteiger partial charge in [-0.3, -0.25) is 0 Å². The van der Waals surface area contributed by atoms with Crippen molar-refractivity contribution in [3.05, 3.63) is 0 Å². The molecule has 2 nitrogen and oxygen atoms in total. The smallest absolute Gasteiger partial charge is 0.301 e. The van der Waals surface area contributed by atoms with Gasteiger partial charge < -0.3 is 4.90 Å². The van der Waals surface area contributed by atoms with E-state index in [1.165, 1.54) is 0 Å². The lowest BCUT2D eigenvalue weighted by molar-refractivity contribution is -0.252. The van der Waals surface area contributed by atoms with Gasteiger partial charge in [-0.05, 0) is 13.0 Å². The third-order valence-corrected chi connectivity index (χ3v) is 2.61. The summed E-state index contributed by atoms with van der Waals surface area (Å²) in [7, 11) is 0. The Hall–Kier alpha value is 0. The van der Waals surface area contributed by atoms with Gasteiger partial charge in [0.1, 0.15) is 0 Å². The van der Waals surface area contributed by atoms with E-state index in [9.17, 15) is 13.2 Å². The van der Waals surface area contributed by atoms with E-state index in [1.807, 2.05) is 4.90 Å². The summed E-state index contributed by atoms with van der Waals surface area (Å²) < 4.78 is 36.6. The van der Waals surface area contributed by atoms with Crippen molar-refractivity contribution in [1.29, 1.82) is 0 Å². The molecule has 0 aromatic heterocycles. The van der Waals surface area contributed by atoms with Crippen LogP contribution in [0.15, 0.2) is 0 Å². The summed E-state index contributed by atoms with van der Waals surface area (Å²) in [5.74, 6) is 0.569. The van der Waals surface area contributed by atoms with Crippen LogP contribution >= 0.6 is 11.6 Å². The number of hydrogen-bond donors (Lipinski definition) is 0. The SMILES string of the molecule is FC(F)(F)N1CCN(CCCCl)CC1. The fraction of sp³-hybridized carbons (Fsp3) is 1.00. The molecule has 0 saturated carbocycles. The molecule has 0 unspecified atom stereocenters. The molecule has 0 bridgehead atoms. The molecule has 1 saturated heterocycles. The van der Waals surface area contributed by atoms with Crippen molar-refractivity contribution in [2.75, 3.05) is 38.6 Å². The van der Waals surface area contributed by atoms with Gasteiger partial charge in [-0.2, -0.15) is 13.2 Å². The largest absolute Gasteiger partial charge is 0.460 e. The van der Waals surface area contributed by atoms with Crippen molar-refractivity contribution >= 4 is 11.6 Å². The maximum absolute atomic E-state index is 12.2. The number of piperazine rings is 1. The molecule has 0 aliphatic carbocycles. The maximum atomic E-state index is 12.2. The summed E-state index contributed by atoms with van der Waals surface area (Å²) >= 11 is 5.50. The minimum Gasteiger partial charge on any atom is -0.301 e. The summed E-state index contributed by atoms with van der Waals surface area (Å²) in [6.45, 7) is 1.92. The molecular weight excluding hydrogens is 217 g/mol. The van der Waals surface area contributed by atoms with Crippen LogP contribution in [-0.4, -0.2) is 54.7 Å². The molecule has 0 aromatic carbocycles. The van der Waals surface area contributed by atoms with Gasteiger partial charge >= 0.3 is 6.30 Å². The van der Waals surface area contributed by atoms with Gasteiger partial charge in [0.25, 0.3) is 0 Å². The Labute approximate surface area is 86.6 Å². The number of halogens is 4. The van der Waals surface area contributed by atoms with Gasteiger partial charge in [-0.15, -0.1) is 11.6 Å². The highest BCUT2D eigenvalue weighted by atomic mass is 35.5. The molecule has 1 aliphatic heterocycles. The lowest BCUT2D eigenvalue weighted by Gasteiger charge is -2.35. The molecule has 84 valence electrons. The first-order chi connectivity index (χ1) is 6.54. The second-order valence-corrected chi connectivity index (χ2v) is 3.72. The summed E-state index contributed by atoms with van der Waals surface area (Å²) in [6.07, 6.45) is -3.33. The van der Waals surface area contributed by atoms with E-state index >= 15 is 0 Å². The molecule has 0 spiro atoms. The monoisotopic (exact) mass is 230 g/mol. The minimum absolute atomic E-state index is 0.0752. The van der Waals surface area contributed by atoms with E-state index in [2.05, 4.69) is 0 Å². The van der Waals surface area contributed by atoms with Crippen molar-refractivity contribution in [1.82, 2.24) is 9.80 Å². The topological polar surface area (TPSA) is 6.48 Å². The van der Waals surface area contributed by atoms with Gasteiger partial charge in [-0.25, -0.2) is 4.90 Å². The highest BCUT2D eigenvalue weighted by Gasteiger charge is 2.38. The zero-order valence-corrected chi connectivity index (χ0v) is 8.61. The minimum atomic E-state index is -4.17. The molecule has 0 aromatic rings. The fourth-order valence-electron chi connectivity index (χ4n) is 1.51. The average Bonchev–Trinajstić information content (AvgIpc) is 2.14. The molecule has 1 aliphatic rings. The van der Waals surface area contributed by atoms with Crippen LogP contribution in [0.1, 0.15) is 6.42 Å². The lowest BCUT2D eigenvalue weighted by Crippen LogP contribution is -2.51. The predicted molar refractivity (Wildman–Crippen MR) is 49.4 cm³/mol. The second-order valence-electron chi connectivity index (χ2n) is 3.34. The van der Waals surface area contributed by atoms with E-state index in [-0.39, 0.29) is 13.1 Å². The average molecular weight is 231 g/mol. The van der Waals surface area contributed by atoms with Gasteiger partial charge in [-0.1, -0.05) is 0 Å². The van der Waals surface area contributed by atoms with Crippen molar-refractivity contribution < 1.29 is 13.2 Å². The van der Waals surface area contributed by atoms with Crippen molar-refractivity contribution in [2.45, 2.75) is 12.7 Å². The maximum Gasteiger partial charge on any atom is 0.460 e. The molecule has 0 amide bonds. The Bertz CT molecular complexity index is 166. The Morgan fingerprint density at radius 3 is 2.07 bits per heavy atom. The summed E-state index contributed by atoms with van der Waals surface area (Å²) in [5, 5.41) is 0. The number of alkyl halides is 4. The fourth-order valence-corrected chi connectivity index (χ4v) is 1.63. The Kier molecular flexibility index (Phi) is 4.47. The van der Waals surface area contributed by atoms with Crippen molar-refractivity contribution in [3.63, 3.8) is 0 Å². The van der Waals surface area contributed by atoms with Crippen LogP contribution in [0.3, 0.4) is 0 Å². The molecule has 6 heteroatoms. The third-order valence-electron chi connectivity index (χ3n) is 2.34. The zero-order valence-electron chi connectivity index (χ0n) is 7.86. The summed E-state index contributed by atoms with van der Waals surface area (Å²) in [6, 6.07) is 0. The van der Waals surface area contributed by atoms with Crippen molar-refractivity contribution in [3.8, 4) is 0 Å². The number of hydrogen-bond acceptors (Lipinski definition) is 2. The Morgan fingerprint density at radius 1 is 1.07 bits per heavy atom. The summed E-state index contributed by atoms with van der Waals surface area (Å²) in [5.41, 5.74) is 0. The molecular formula is C8H14ClF3N2. The van der Waals surface area contributed by atoms with E-state index in [1.54, 1.807) is 0 Å². The Morgan fingerprint density at radius 2 is 1.64 bits per heavy atom. The van der Waals surface area contributed by atoms with Gasteiger partial charge in [0.15, 0.2) is 0 Å². The first kappa shape index (κ1) is 12.1. The third kappa shape index (κ3) is 3.63. The normalized spacial score (nSPS) is 21.4. The van der Waals surface area contributed by atoms with Gasteiger partial charge in [0.2, 0.25) is 0 Å².